The maximum absolute atomic E-state index is 12.4. The van der Waals surface area contributed by atoms with Gasteiger partial charge in [-0.15, -0.1) is 11.3 Å². The quantitative estimate of drug-likeness (QED) is 0.514. The first-order valence-corrected chi connectivity index (χ1v) is 11.8. The maximum atomic E-state index is 12.4. The Morgan fingerprint density at radius 3 is 2.70 bits per heavy atom. The van der Waals surface area contributed by atoms with Gasteiger partial charge in [0, 0.05) is 44.4 Å². The van der Waals surface area contributed by atoms with E-state index in [4.69, 9.17) is 9.26 Å². The number of rotatable bonds is 9. The predicted octanol–water partition coefficient (Wildman–Crippen LogP) is 3.05. The Bertz CT molecular complexity index is 1050. The zero-order valence-electron chi connectivity index (χ0n) is 18.5. The predicted molar refractivity (Wildman–Crippen MR) is 126 cm³/mol. The van der Waals surface area contributed by atoms with Gasteiger partial charge in [-0.3, -0.25) is 9.59 Å². The fourth-order valence-corrected chi connectivity index (χ4v) is 4.17. The summed E-state index contributed by atoms with van der Waals surface area (Å²) in [6.07, 6.45) is 1.38. The third-order valence-electron chi connectivity index (χ3n) is 5.32. The molecule has 1 fully saturated rings. The number of benzene rings is 1. The van der Waals surface area contributed by atoms with E-state index in [1.807, 2.05) is 41.8 Å². The first-order chi connectivity index (χ1) is 16.1. The Kier molecular flexibility index (Phi) is 7.69. The molecule has 0 radical (unpaired) electrons. The van der Waals surface area contributed by atoms with Crippen molar-refractivity contribution in [1.82, 2.24) is 15.0 Å². The maximum Gasteiger partial charge on any atom is 0.243 e. The van der Waals surface area contributed by atoms with E-state index in [1.54, 1.807) is 18.4 Å². The summed E-state index contributed by atoms with van der Waals surface area (Å²) < 4.78 is 10.6. The highest BCUT2D eigenvalue weighted by Crippen LogP contribution is 2.22. The number of aromatic nitrogens is 2. The molecule has 0 atom stereocenters. The lowest BCUT2D eigenvalue weighted by molar-refractivity contribution is -0.133. The minimum Gasteiger partial charge on any atom is -0.378 e. The van der Waals surface area contributed by atoms with Gasteiger partial charge >= 0.3 is 0 Å². The van der Waals surface area contributed by atoms with Crippen LogP contribution in [0.4, 0.5) is 11.4 Å². The van der Waals surface area contributed by atoms with Crippen LogP contribution in [0, 0.1) is 0 Å². The Morgan fingerprint density at radius 2 is 1.97 bits per heavy atom. The van der Waals surface area contributed by atoms with Crippen molar-refractivity contribution in [2.75, 3.05) is 50.1 Å². The third kappa shape index (κ3) is 6.39. The number of carbonyl (C=O) groups is 2. The Hall–Kier alpha value is -3.24. The van der Waals surface area contributed by atoms with Gasteiger partial charge in [0.1, 0.15) is 0 Å². The molecule has 33 heavy (non-hydrogen) atoms. The number of hydrogen-bond acceptors (Lipinski definition) is 8. The molecule has 3 aromatic rings. The number of likely N-dealkylation sites (N-methyl/N-ethyl adjacent to an activating group) is 1. The van der Waals surface area contributed by atoms with Crippen molar-refractivity contribution in [3.8, 4) is 10.7 Å². The van der Waals surface area contributed by atoms with E-state index in [9.17, 15) is 9.59 Å². The molecule has 0 unspecified atom stereocenters. The van der Waals surface area contributed by atoms with Gasteiger partial charge in [-0.2, -0.15) is 4.98 Å². The Morgan fingerprint density at radius 1 is 1.18 bits per heavy atom. The molecule has 0 bridgehead atoms. The highest BCUT2D eigenvalue weighted by Gasteiger charge is 2.15. The number of amides is 2. The molecule has 4 rings (SSSR count). The second-order valence-corrected chi connectivity index (χ2v) is 8.73. The summed E-state index contributed by atoms with van der Waals surface area (Å²) in [6, 6.07) is 11.6. The normalized spacial score (nSPS) is 13.7. The molecular weight excluding hydrogens is 442 g/mol. The topological polar surface area (TPSA) is 101 Å². The molecular formula is C23H27N5O4S. The number of aryl methyl sites for hydroxylation is 1. The van der Waals surface area contributed by atoms with Crippen LogP contribution in [0.15, 0.2) is 46.3 Å². The van der Waals surface area contributed by atoms with Gasteiger partial charge in [0.2, 0.25) is 23.5 Å². The Labute approximate surface area is 196 Å². The molecule has 9 nitrogen and oxygen atoms in total. The number of ether oxygens (including phenoxy) is 1. The molecule has 0 aliphatic carbocycles. The van der Waals surface area contributed by atoms with Gasteiger partial charge in [0.05, 0.1) is 24.6 Å². The zero-order valence-corrected chi connectivity index (χ0v) is 19.3. The van der Waals surface area contributed by atoms with Crippen LogP contribution in [0.3, 0.4) is 0 Å². The van der Waals surface area contributed by atoms with Crippen LogP contribution in [-0.2, 0) is 20.7 Å². The number of nitrogens with zero attached hydrogens (tertiary/aromatic N) is 4. The standard InChI is InChI=1S/C23H27N5O4S/c1-27(22(30)6-2-5-21-25-23(26-32-21)19-4-3-15-33-19)16-20(29)24-17-7-9-18(10-8-17)28-11-13-31-14-12-28/h3-4,7-10,15H,2,5-6,11-14,16H2,1H3,(H,24,29). The van der Waals surface area contributed by atoms with Crippen molar-refractivity contribution in [1.29, 1.82) is 0 Å². The highest BCUT2D eigenvalue weighted by atomic mass is 32.1. The van der Waals surface area contributed by atoms with Crippen LogP contribution < -0.4 is 10.2 Å². The van der Waals surface area contributed by atoms with Crippen LogP contribution in [0.1, 0.15) is 18.7 Å². The van der Waals surface area contributed by atoms with E-state index in [2.05, 4.69) is 20.4 Å². The molecule has 1 aliphatic rings. The van der Waals surface area contributed by atoms with Crippen LogP contribution in [0.2, 0.25) is 0 Å². The summed E-state index contributed by atoms with van der Waals surface area (Å²) in [7, 11) is 1.63. The minimum atomic E-state index is -0.234. The summed E-state index contributed by atoms with van der Waals surface area (Å²) in [5, 5.41) is 8.77. The van der Waals surface area contributed by atoms with Crippen molar-refractivity contribution in [3.05, 3.63) is 47.7 Å². The van der Waals surface area contributed by atoms with Gasteiger partial charge in [-0.05, 0) is 42.1 Å². The summed E-state index contributed by atoms with van der Waals surface area (Å²) in [6.45, 7) is 3.17. The van der Waals surface area contributed by atoms with E-state index in [1.165, 1.54) is 4.90 Å². The SMILES string of the molecule is CN(CC(=O)Nc1ccc(N2CCOCC2)cc1)C(=O)CCCc1nc(-c2cccs2)no1. The fourth-order valence-electron chi connectivity index (χ4n) is 3.53. The first-order valence-electron chi connectivity index (χ1n) is 10.9. The highest BCUT2D eigenvalue weighted by molar-refractivity contribution is 7.13. The van der Waals surface area contributed by atoms with Gasteiger partial charge in [0.25, 0.3) is 0 Å². The van der Waals surface area contributed by atoms with E-state index < -0.39 is 0 Å². The lowest BCUT2D eigenvalue weighted by Gasteiger charge is -2.28. The number of thiophene rings is 1. The van der Waals surface area contributed by atoms with E-state index >= 15 is 0 Å². The van der Waals surface area contributed by atoms with Crippen molar-refractivity contribution >= 4 is 34.5 Å². The first kappa shape index (κ1) is 22.9. The van der Waals surface area contributed by atoms with Gasteiger partial charge in [0.15, 0.2) is 0 Å². The lowest BCUT2D eigenvalue weighted by Crippen LogP contribution is -2.36. The van der Waals surface area contributed by atoms with Gasteiger partial charge in [-0.1, -0.05) is 11.2 Å². The lowest BCUT2D eigenvalue weighted by atomic mass is 10.2. The van der Waals surface area contributed by atoms with Crippen molar-refractivity contribution in [2.24, 2.45) is 0 Å². The largest absolute Gasteiger partial charge is 0.378 e. The van der Waals surface area contributed by atoms with E-state index in [-0.39, 0.29) is 18.4 Å². The Balaban J connectivity index is 1.18. The smallest absolute Gasteiger partial charge is 0.243 e. The second-order valence-electron chi connectivity index (χ2n) is 7.79. The summed E-state index contributed by atoms with van der Waals surface area (Å²) in [5.74, 6) is 0.735. The van der Waals surface area contributed by atoms with Crippen LogP contribution in [0.5, 0.6) is 0 Å². The number of nitrogens with one attached hydrogen (secondary N) is 1. The van der Waals surface area contributed by atoms with Crippen molar-refractivity contribution in [3.63, 3.8) is 0 Å². The average molecular weight is 470 g/mol. The summed E-state index contributed by atoms with van der Waals surface area (Å²) >= 11 is 1.54. The molecule has 0 spiro atoms. The number of anilines is 2. The molecule has 174 valence electrons. The van der Waals surface area contributed by atoms with E-state index in [0.717, 1.165) is 36.9 Å². The van der Waals surface area contributed by atoms with Crippen LogP contribution >= 0.6 is 11.3 Å². The average Bonchev–Trinajstić information content (AvgIpc) is 3.52. The summed E-state index contributed by atoms with van der Waals surface area (Å²) in [4.78, 5) is 33.7. The molecule has 1 saturated heterocycles. The second kappa shape index (κ2) is 11.1. The molecule has 1 aliphatic heterocycles. The number of carbonyl (C=O) groups excluding carboxylic acids is 2. The van der Waals surface area contributed by atoms with Crippen LogP contribution in [-0.4, -0.2) is 66.8 Å². The molecule has 1 aromatic carbocycles. The number of morpholine rings is 1. The molecule has 10 heteroatoms. The fraction of sp³-hybridized carbons (Fsp3) is 0.391. The molecule has 0 saturated carbocycles. The summed E-state index contributed by atoms with van der Waals surface area (Å²) in [5.41, 5.74) is 1.81. The molecule has 3 heterocycles. The minimum absolute atomic E-state index is 0.00681. The van der Waals surface area contributed by atoms with Crippen molar-refractivity contribution in [2.45, 2.75) is 19.3 Å². The molecule has 2 amide bonds. The number of hydrogen-bond donors (Lipinski definition) is 1. The van der Waals surface area contributed by atoms with Gasteiger partial charge < -0.3 is 24.4 Å². The van der Waals surface area contributed by atoms with E-state index in [0.29, 0.717) is 36.7 Å². The molecule has 1 N–H and O–H groups in total. The molecule has 2 aromatic heterocycles. The zero-order chi connectivity index (χ0) is 23.0. The monoisotopic (exact) mass is 469 g/mol. The van der Waals surface area contributed by atoms with Gasteiger partial charge in [-0.25, -0.2) is 0 Å². The van der Waals surface area contributed by atoms with Crippen molar-refractivity contribution < 1.29 is 18.8 Å². The van der Waals surface area contributed by atoms with Crippen LogP contribution in [0.25, 0.3) is 10.7 Å². The third-order valence-corrected chi connectivity index (χ3v) is 6.19.